The van der Waals surface area contributed by atoms with Crippen molar-refractivity contribution in [3.05, 3.63) is 106 Å². The number of carbonyl (C=O) groups is 2. The van der Waals surface area contributed by atoms with Crippen molar-refractivity contribution >= 4 is 35.5 Å². The van der Waals surface area contributed by atoms with Gasteiger partial charge in [0.05, 0.1) is 16.9 Å². The summed E-state index contributed by atoms with van der Waals surface area (Å²) < 4.78 is 5.49. The molecule has 0 aliphatic carbocycles. The molecule has 2 amide bonds. The maximum absolute atomic E-state index is 11.9. The molecule has 3 rings (SSSR count). The van der Waals surface area contributed by atoms with E-state index < -0.39 is 4.92 Å². The van der Waals surface area contributed by atoms with Crippen molar-refractivity contribution in [1.29, 1.82) is 0 Å². The van der Waals surface area contributed by atoms with Crippen molar-refractivity contribution in [1.82, 2.24) is 10.7 Å². The number of amides is 2. The first-order valence-electron chi connectivity index (χ1n) is 10.7. The first kappa shape index (κ1) is 25.4. The number of rotatable bonds is 12. The molecule has 3 aromatic carbocycles. The van der Waals surface area contributed by atoms with Crippen LogP contribution in [-0.2, 0) is 21.9 Å². The van der Waals surface area contributed by atoms with Crippen molar-refractivity contribution in [2.24, 2.45) is 5.10 Å². The average molecular weight is 493 g/mol. The van der Waals surface area contributed by atoms with Gasteiger partial charge >= 0.3 is 0 Å². The van der Waals surface area contributed by atoms with E-state index in [9.17, 15) is 19.7 Å². The number of nitro groups is 1. The van der Waals surface area contributed by atoms with Gasteiger partial charge in [0, 0.05) is 24.4 Å². The van der Waals surface area contributed by atoms with Crippen LogP contribution in [0.1, 0.15) is 16.7 Å². The Hall–Kier alpha value is -4.18. The molecular formula is C25H24N4O5S. The summed E-state index contributed by atoms with van der Waals surface area (Å²) in [5, 5.41) is 17.4. The zero-order valence-electron chi connectivity index (χ0n) is 18.8. The predicted molar refractivity (Wildman–Crippen MR) is 135 cm³/mol. The zero-order valence-corrected chi connectivity index (χ0v) is 19.6. The maximum atomic E-state index is 11.9. The third-order valence-electron chi connectivity index (χ3n) is 4.63. The van der Waals surface area contributed by atoms with E-state index in [4.69, 9.17) is 4.74 Å². The van der Waals surface area contributed by atoms with E-state index >= 15 is 0 Å². The van der Waals surface area contributed by atoms with Gasteiger partial charge in [0.25, 0.3) is 11.6 Å². The number of hydrogen-bond donors (Lipinski definition) is 2. The van der Waals surface area contributed by atoms with E-state index in [2.05, 4.69) is 15.8 Å². The molecule has 0 unspecified atom stereocenters. The SMILES string of the molecule is O=C(COc1ccc(/C=N\NC(=O)CSCc2ccc([N+](=O)[O-])cc2)cc1)NCc1ccccc1. The Balaban J connectivity index is 1.32. The minimum absolute atomic E-state index is 0.0368. The Morgan fingerprint density at radius 2 is 1.66 bits per heavy atom. The van der Waals surface area contributed by atoms with E-state index in [0.29, 0.717) is 18.0 Å². The highest BCUT2D eigenvalue weighted by Gasteiger charge is 2.06. The molecule has 0 saturated heterocycles. The van der Waals surface area contributed by atoms with Crippen LogP contribution >= 0.6 is 11.8 Å². The lowest BCUT2D eigenvalue weighted by molar-refractivity contribution is -0.384. The molecule has 0 radical (unpaired) electrons. The lowest BCUT2D eigenvalue weighted by Crippen LogP contribution is -2.28. The normalized spacial score (nSPS) is 10.6. The lowest BCUT2D eigenvalue weighted by atomic mass is 10.2. The highest BCUT2D eigenvalue weighted by Crippen LogP contribution is 2.16. The molecule has 180 valence electrons. The highest BCUT2D eigenvalue weighted by molar-refractivity contribution is 7.99. The summed E-state index contributed by atoms with van der Waals surface area (Å²) in [4.78, 5) is 34.1. The Morgan fingerprint density at radius 3 is 2.34 bits per heavy atom. The largest absolute Gasteiger partial charge is 0.484 e. The van der Waals surface area contributed by atoms with Crippen LogP contribution in [0.4, 0.5) is 5.69 Å². The predicted octanol–water partition coefficient (Wildman–Crippen LogP) is 3.67. The molecule has 0 atom stereocenters. The molecule has 10 heteroatoms. The molecule has 0 aromatic heterocycles. The van der Waals surface area contributed by atoms with Crippen LogP contribution in [0.15, 0.2) is 84.0 Å². The number of benzene rings is 3. The molecule has 0 fully saturated rings. The minimum atomic E-state index is -0.449. The van der Waals surface area contributed by atoms with Crippen molar-refractivity contribution in [3.63, 3.8) is 0 Å². The smallest absolute Gasteiger partial charge is 0.269 e. The van der Waals surface area contributed by atoms with Gasteiger partial charge in [-0.15, -0.1) is 11.8 Å². The molecule has 0 saturated carbocycles. The molecule has 35 heavy (non-hydrogen) atoms. The quantitative estimate of drug-likeness (QED) is 0.226. The van der Waals surface area contributed by atoms with Gasteiger partial charge in [-0.3, -0.25) is 19.7 Å². The van der Waals surface area contributed by atoms with Gasteiger partial charge in [-0.05, 0) is 41.0 Å². The van der Waals surface area contributed by atoms with Crippen LogP contribution in [0.3, 0.4) is 0 Å². The number of thioether (sulfide) groups is 1. The number of nitrogens with one attached hydrogen (secondary N) is 2. The number of hydrazone groups is 1. The fourth-order valence-corrected chi connectivity index (χ4v) is 3.61. The average Bonchev–Trinajstić information content (AvgIpc) is 2.88. The van der Waals surface area contributed by atoms with Crippen molar-refractivity contribution in [2.75, 3.05) is 12.4 Å². The second-order valence-corrected chi connectivity index (χ2v) is 8.32. The van der Waals surface area contributed by atoms with Gasteiger partial charge in [-0.1, -0.05) is 42.5 Å². The zero-order chi connectivity index (χ0) is 24.9. The van der Waals surface area contributed by atoms with Gasteiger partial charge < -0.3 is 10.1 Å². The molecular weight excluding hydrogens is 468 g/mol. The second-order valence-electron chi connectivity index (χ2n) is 7.33. The molecule has 0 aliphatic rings. The standard InChI is InChI=1S/C25H24N4O5S/c30-24(26-14-19-4-2-1-3-5-19)16-34-23-12-8-20(9-13-23)15-27-28-25(31)18-35-17-21-6-10-22(11-7-21)29(32)33/h1-13,15H,14,16-18H2,(H,26,30)(H,28,31)/b27-15-. The molecule has 2 N–H and O–H groups in total. The molecule has 0 aliphatic heterocycles. The monoisotopic (exact) mass is 492 g/mol. The van der Waals surface area contributed by atoms with Crippen molar-refractivity contribution in [3.8, 4) is 5.75 Å². The van der Waals surface area contributed by atoms with Gasteiger partial charge in [0.1, 0.15) is 5.75 Å². The van der Waals surface area contributed by atoms with Crippen molar-refractivity contribution < 1.29 is 19.2 Å². The van der Waals surface area contributed by atoms with Crippen LogP contribution in [0.5, 0.6) is 5.75 Å². The summed E-state index contributed by atoms with van der Waals surface area (Å²) >= 11 is 1.38. The lowest BCUT2D eigenvalue weighted by Gasteiger charge is -2.08. The van der Waals surface area contributed by atoms with Gasteiger partial charge in [-0.2, -0.15) is 5.10 Å². The van der Waals surface area contributed by atoms with Crippen LogP contribution < -0.4 is 15.5 Å². The Labute approximate surface area is 206 Å². The van der Waals surface area contributed by atoms with E-state index in [1.165, 1.54) is 30.1 Å². The third kappa shape index (κ3) is 9.30. The van der Waals surface area contributed by atoms with Crippen LogP contribution in [0.25, 0.3) is 0 Å². The molecule has 3 aromatic rings. The number of carbonyl (C=O) groups excluding carboxylic acids is 2. The van der Waals surface area contributed by atoms with E-state index in [-0.39, 0.29) is 29.9 Å². The summed E-state index contributed by atoms with van der Waals surface area (Å²) in [6.07, 6.45) is 1.51. The summed E-state index contributed by atoms with van der Waals surface area (Å²) in [5.74, 6) is 0.834. The molecule has 0 heterocycles. The second kappa shape index (κ2) is 13.5. The number of ether oxygens (including phenoxy) is 1. The summed E-state index contributed by atoms with van der Waals surface area (Å²) in [5.41, 5.74) is 5.16. The van der Waals surface area contributed by atoms with Crippen LogP contribution in [-0.4, -0.2) is 35.3 Å². The molecule has 9 nitrogen and oxygen atoms in total. The first-order valence-corrected chi connectivity index (χ1v) is 11.8. The van der Waals surface area contributed by atoms with Crippen LogP contribution in [0, 0.1) is 10.1 Å². The summed E-state index contributed by atoms with van der Waals surface area (Å²) in [6.45, 7) is 0.355. The Bertz CT molecular complexity index is 1150. The fraction of sp³-hybridized carbons (Fsp3) is 0.160. The van der Waals surface area contributed by atoms with E-state index in [1.54, 1.807) is 36.4 Å². The molecule has 0 spiro atoms. The Morgan fingerprint density at radius 1 is 0.943 bits per heavy atom. The maximum Gasteiger partial charge on any atom is 0.269 e. The summed E-state index contributed by atoms with van der Waals surface area (Å²) in [7, 11) is 0. The number of nitro benzene ring substituents is 1. The third-order valence-corrected chi connectivity index (χ3v) is 5.64. The first-order chi connectivity index (χ1) is 17.0. The topological polar surface area (TPSA) is 123 Å². The van der Waals surface area contributed by atoms with E-state index in [1.807, 2.05) is 30.3 Å². The van der Waals surface area contributed by atoms with Crippen molar-refractivity contribution in [2.45, 2.75) is 12.3 Å². The summed E-state index contributed by atoms with van der Waals surface area (Å²) in [6, 6.07) is 22.8. The number of hydrogen-bond acceptors (Lipinski definition) is 7. The van der Waals surface area contributed by atoms with Gasteiger partial charge in [0.2, 0.25) is 5.91 Å². The van der Waals surface area contributed by atoms with Gasteiger partial charge in [0.15, 0.2) is 6.61 Å². The number of non-ortho nitro benzene ring substituents is 1. The minimum Gasteiger partial charge on any atom is -0.484 e. The highest BCUT2D eigenvalue weighted by atomic mass is 32.2. The Kier molecular flexibility index (Phi) is 9.82. The number of nitrogens with zero attached hydrogens (tertiary/aromatic N) is 2. The van der Waals surface area contributed by atoms with Crippen LogP contribution in [0.2, 0.25) is 0 Å². The van der Waals surface area contributed by atoms with Gasteiger partial charge in [-0.25, -0.2) is 5.43 Å². The molecule has 0 bridgehead atoms. The fourth-order valence-electron chi connectivity index (χ4n) is 2.83. The van der Waals surface area contributed by atoms with E-state index in [0.717, 1.165) is 16.7 Å².